The van der Waals surface area contributed by atoms with E-state index in [1.165, 1.54) is 0 Å². The van der Waals surface area contributed by atoms with Crippen LogP contribution in [0.4, 0.5) is 0 Å². The summed E-state index contributed by atoms with van der Waals surface area (Å²) in [6, 6.07) is 11.2. The van der Waals surface area contributed by atoms with Crippen molar-refractivity contribution in [2.45, 2.75) is 0 Å². The molecule has 2 heterocycles. The third-order valence-electron chi connectivity index (χ3n) is 2.64. The van der Waals surface area contributed by atoms with Crippen molar-refractivity contribution in [2.24, 2.45) is 0 Å². The second-order valence-electron chi connectivity index (χ2n) is 3.76. The summed E-state index contributed by atoms with van der Waals surface area (Å²) in [4.78, 5) is 0. The Balaban J connectivity index is 2.18. The van der Waals surface area contributed by atoms with Gasteiger partial charge in [0.15, 0.2) is 11.5 Å². The van der Waals surface area contributed by atoms with Crippen molar-refractivity contribution in [3.05, 3.63) is 41.0 Å². The van der Waals surface area contributed by atoms with E-state index < -0.39 is 0 Å². The molecule has 0 amide bonds. The SMILES string of the molecule is COc1ccc(-c2nnc3ccc(=S)[nH]n23)cc1. The van der Waals surface area contributed by atoms with Crippen LogP contribution in [0.3, 0.4) is 0 Å². The number of rotatable bonds is 2. The van der Waals surface area contributed by atoms with E-state index in [9.17, 15) is 0 Å². The summed E-state index contributed by atoms with van der Waals surface area (Å²) < 4.78 is 7.53. The molecule has 2 aromatic heterocycles. The number of hydrogen-bond acceptors (Lipinski definition) is 4. The van der Waals surface area contributed by atoms with Crippen LogP contribution in [0.1, 0.15) is 0 Å². The normalized spacial score (nSPS) is 10.7. The van der Waals surface area contributed by atoms with Gasteiger partial charge in [-0.25, -0.2) is 4.52 Å². The first-order chi connectivity index (χ1) is 8.78. The number of nitrogens with zero attached hydrogens (tertiary/aromatic N) is 3. The van der Waals surface area contributed by atoms with E-state index in [0.29, 0.717) is 4.64 Å². The van der Waals surface area contributed by atoms with Crippen LogP contribution in [0.5, 0.6) is 5.75 Å². The van der Waals surface area contributed by atoms with Gasteiger partial charge in [-0.1, -0.05) is 12.2 Å². The fourth-order valence-electron chi connectivity index (χ4n) is 1.74. The van der Waals surface area contributed by atoms with Crippen molar-refractivity contribution in [3.63, 3.8) is 0 Å². The molecule has 6 heteroatoms. The standard InChI is InChI=1S/C12H10N4OS/c1-17-9-4-2-8(3-5-9)12-14-13-10-6-7-11(18)15-16(10)12/h2-7H,1H3,(H,15,18). The summed E-state index contributed by atoms with van der Waals surface area (Å²) in [6.07, 6.45) is 0. The number of H-pyrrole nitrogens is 1. The minimum Gasteiger partial charge on any atom is -0.497 e. The summed E-state index contributed by atoms with van der Waals surface area (Å²) in [7, 11) is 1.64. The van der Waals surface area contributed by atoms with Crippen LogP contribution in [0.25, 0.3) is 17.0 Å². The lowest BCUT2D eigenvalue weighted by molar-refractivity contribution is 0.415. The molecule has 0 unspecified atom stereocenters. The lowest BCUT2D eigenvalue weighted by Crippen LogP contribution is -1.94. The number of nitrogens with one attached hydrogen (secondary N) is 1. The van der Waals surface area contributed by atoms with Crippen LogP contribution in [0.2, 0.25) is 0 Å². The van der Waals surface area contributed by atoms with Crippen molar-refractivity contribution in [3.8, 4) is 17.1 Å². The van der Waals surface area contributed by atoms with Crippen LogP contribution < -0.4 is 4.74 Å². The van der Waals surface area contributed by atoms with E-state index >= 15 is 0 Å². The highest BCUT2D eigenvalue weighted by molar-refractivity contribution is 7.71. The van der Waals surface area contributed by atoms with Gasteiger partial charge in [-0.05, 0) is 36.4 Å². The van der Waals surface area contributed by atoms with E-state index in [2.05, 4.69) is 15.3 Å². The Hall–Kier alpha value is -2.21. The molecule has 1 N–H and O–H groups in total. The van der Waals surface area contributed by atoms with E-state index in [-0.39, 0.29) is 0 Å². The van der Waals surface area contributed by atoms with Gasteiger partial charge in [-0.15, -0.1) is 10.2 Å². The average molecular weight is 258 g/mol. The van der Waals surface area contributed by atoms with Crippen LogP contribution in [-0.4, -0.2) is 26.9 Å². The Morgan fingerprint density at radius 2 is 1.89 bits per heavy atom. The highest BCUT2D eigenvalue weighted by atomic mass is 32.1. The van der Waals surface area contributed by atoms with Crippen molar-refractivity contribution in [1.82, 2.24) is 19.8 Å². The van der Waals surface area contributed by atoms with E-state index in [0.717, 1.165) is 22.8 Å². The van der Waals surface area contributed by atoms with Gasteiger partial charge in [-0.3, -0.25) is 5.10 Å². The van der Waals surface area contributed by atoms with Crippen molar-refractivity contribution in [1.29, 1.82) is 0 Å². The van der Waals surface area contributed by atoms with Crippen molar-refractivity contribution >= 4 is 17.9 Å². The van der Waals surface area contributed by atoms with Gasteiger partial charge >= 0.3 is 0 Å². The quantitative estimate of drug-likeness (QED) is 0.717. The molecule has 0 saturated heterocycles. The molecular formula is C12H10N4OS. The van der Waals surface area contributed by atoms with Gasteiger partial charge in [0.2, 0.25) is 0 Å². The highest BCUT2D eigenvalue weighted by Crippen LogP contribution is 2.20. The Labute approximate surface area is 108 Å². The molecule has 0 spiro atoms. The number of benzene rings is 1. The second-order valence-corrected chi connectivity index (χ2v) is 4.19. The van der Waals surface area contributed by atoms with E-state index in [1.54, 1.807) is 17.7 Å². The number of methoxy groups -OCH3 is 1. The van der Waals surface area contributed by atoms with Crippen LogP contribution in [0.15, 0.2) is 36.4 Å². The van der Waals surface area contributed by atoms with Crippen LogP contribution >= 0.6 is 12.2 Å². The minimum absolute atomic E-state index is 0.636. The molecule has 0 aliphatic carbocycles. The maximum absolute atomic E-state index is 5.13. The van der Waals surface area contributed by atoms with Crippen LogP contribution in [-0.2, 0) is 0 Å². The van der Waals surface area contributed by atoms with Crippen molar-refractivity contribution in [2.75, 3.05) is 7.11 Å². The molecule has 90 valence electrons. The molecule has 3 rings (SSSR count). The Bertz CT molecular complexity index is 745. The molecule has 5 nitrogen and oxygen atoms in total. The van der Waals surface area contributed by atoms with Gasteiger partial charge < -0.3 is 4.74 Å². The summed E-state index contributed by atoms with van der Waals surface area (Å²) in [5, 5.41) is 11.3. The van der Waals surface area contributed by atoms with E-state index in [1.807, 2.05) is 30.3 Å². The summed E-state index contributed by atoms with van der Waals surface area (Å²) in [6.45, 7) is 0. The van der Waals surface area contributed by atoms with Crippen LogP contribution in [0, 0.1) is 4.64 Å². The monoisotopic (exact) mass is 258 g/mol. The summed E-state index contributed by atoms with van der Waals surface area (Å²) >= 11 is 5.10. The largest absolute Gasteiger partial charge is 0.497 e. The average Bonchev–Trinajstić information content (AvgIpc) is 2.82. The van der Waals surface area contributed by atoms with Gasteiger partial charge in [0, 0.05) is 5.56 Å². The fraction of sp³-hybridized carbons (Fsp3) is 0.0833. The predicted octanol–water partition coefficient (Wildman–Crippen LogP) is 2.46. The predicted molar refractivity (Wildman–Crippen MR) is 70.2 cm³/mol. The molecular weight excluding hydrogens is 248 g/mol. The second kappa shape index (κ2) is 4.23. The zero-order valence-electron chi connectivity index (χ0n) is 9.62. The van der Waals surface area contributed by atoms with Gasteiger partial charge in [0.05, 0.1) is 7.11 Å². The Morgan fingerprint density at radius 1 is 1.11 bits per heavy atom. The molecule has 0 aliphatic rings. The third-order valence-corrected chi connectivity index (χ3v) is 2.87. The van der Waals surface area contributed by atoms with Crippen molar-refractivity contribution < 1.29 is 4.74 Å². The first kappa shape index (κ1) is 10.9. The number of ether oxygens (including phenoxy) is 1. The lowest BCUT2D eigenvalue weighted by Gasteiger charge is -2.02. The Morgan fingerprint density at radius 3 is 2.61 bits per heavy atom. The molecule has 0 saturated carbocycles. The molecule has 1 aromatic carbocycles. The lowest BCUT2D eigenvalue weighted by atomic mass is 10.2. The number of fused-ring (bicyclic) bond motifs is 1. The first-order valence-corrected chi connectivity index (χ1v) is 5.77. The third kappa shape index (κ3) is 1.76. The topological polar surface area (TPSA) is 55.2 Å². The minimum atomic E-state index is 0.636. The van der Waals surface area contributed by atoms with Gasteiger partial charge in [0.1, 0.15) is 10.4 Å². The van der Waals surface area contributed by atoms with Gasteiger partial charge in [0.25, 0.3) is 0 Å². The highest BCUT2D eigenvalue weighted by Gasteiger charge is 2.07. The molecule has 3 aromatic rings. The maximum Gasteiger partial charge on any atom is 0.183 e. The first-order valence-electron chi connectivity index (χ1n) is 5.37. The molecule has 18 heavy (non-hydrogen) atoms. The van der Waals surface area contributed by atoms with E-state index in [4.69, 9.17) is 17.0 Å². The van der Waals surface area contributed by atoms with Gasteiger partial charge in [-0.2, -0.15) is 0 Å². The molecule has 0 fully saturated rings. The summed E-state index contributed by atoms with van der Waals surface area (Å²) in [5.41, 5.74) is 1.68. The number of aromatic nitrogens is 4. The fourth-order valence-corrected chi connectivity index (χ4v) is 1.90. The number of aromatic amines is 1. The molecule has 0 radical (unpaired) electrons. The maximum atomic E-state index is 5.13. The smallest absolute Gasteiger partial charge is 0.183 e. The molecule has 0 atom stereocenters. The summed E-state index contributed by atoms with van der Waals surface area (Å²) in [5.74, 6) is 1.53. The molecule has 0 aliphatic heterocycles. The molecule has 0 bridgehead atoms. The number of hydrogen-bond donors (Lipinski definition) is 1. The Kier molecular flexibility index (Phi) is 2.56. The zero-order valence-corrected chi connectivity index (χ0v) is 10.4. The zero-order chi connectivity index (χ0) is 12.5.